The Balaban J connectivity index is 2.15. The molecule has 0 N–H and O–H groups in total. The van der Waals surface area contributed by atoms with Gasteiger partial charge in [-0.2, -0.15) is 0 Å². The Morgan fingerprint density at radius 2 is 2.27 bits per heavy atom. The van der Waals surface area contributed by atoms with Crippen molar-refractivity contribution in [1.82, 2.24) is 0 Å². The molecule has 1 saturated heterocycles. The molecular weight excluding hydrogens is 192 g/mol. The van der Waals surface area contributed by atoms with Crippen molar-refractivity contribution in [1.29, 1.82) is 0 Å². The third-order valence-corrected chi connectivity index (χ3v) is 2.98. The quantitative estimate of drug-likeness (QED) is 0.664. The van der Waals surface area contributed by atoms with Crippen molar-refractivity contribution in [2.24, 2.45) is 5.92 Å². The number of hydrogen-bond donors (Lipinski definition) is 0. The minimum Gasteiger partial charge on any atom is -0.346 e. The van der Waals surface area contributed by atoms with Crippen LogP contribution in [-0.4, -0.2) is 24.3 Å². The van der Waals surface area contributed by atoms with Crippen LogP contribution in [0.1, 0.15) is 33.1 Å². The Bertz CT molecular complexity index is 275. The second kappa shape index (κ2) is 4.06. The normalized spacial score (nSPS) is 36.5. The lowest BCUT2D eigenvalue weighted by atomic mass is 9.95. The Labute approximate surface area is 90.4 Å². The third-order valence-electron chi connectivity index (χ3n) is 2.98. The van der Waals surface area contributed by atoms with Crippen LogP contribution in [0.4, 0.5) is 0 Å². The van der Waals surface area contributed by atoms with Crippen molar-refractivity contribution < 1.29 is 14.3 Å². The molecule has 0 radical (unpaired) electrons. The van der Waals surface area contributed by atoms with E-state index < -0.39 is 5.79 Å². The van der Waals surface area contributed by atoms with Crippen LogP contribution in [0.2, 0.25) is 0 Å². The van der Waals surface area contributed by atoms with Crippen molar-refractivity contribution in [3.63, 3.8) is 0 Å². The molecular formula is C12H18O3. The summed E-state index contributed by atoms with van der Waals surface area (Å²) in [4.78, 5) is 11.6. The second-order valence-corrected chi connectivity index (χ2v) is 4.64. The summed E-state index contributed by atoms with van der Waals surface area (Å²) in [7, 11) is 0. The fraction of sp³-hybridized carbons (Fsp3) is 0.750. The molecule has 0 bridgehead atoms. The van der Waals surface area contributed by atoms with Crippen molar-refractivity contribution in [2.75, 3.05) is 6.61 Å². The van der Waals surface area contributed by atoms with E-state index in [4.69, 9.17) is 9.47 Å². The molecule has 0 saturated carbocycles. The molecule has 3 heteroatoms. The van der Waals surface area contributed by atoms with E-state index in [-0.39, 0.29) is 17.8 Å². The molecule has 2 unspecified atom stereocenters. The minimum atomic E-state index is -0.610. The van der Waals surface area contributed by atoms with Gasteiger partial charge in [-0.3, -0.25) is 4.79 Å². The fourth-order valence-corrected chi connectivity index (χ4v) is 2.10. The molecule has 2 aliphatic rings. The van der Waals surface area contributed by atoms with Crippen LogP contribution in [0.5, 0.6) is 0 Å². The predicted molar refractivity (Wildman–Crippen MR) is 56.4 cm³/mol. The molecule has 2 heterocycles. The van der Waals surface area contributed by atoms with E-state index in [1.807, 2.05) is 13.8 Å². The fourth-order valence-electron chi connectivity index (χ4n) is 2.10. The van der Waals surface area contributed by atoms with Crippen LogP contribution in [0, 0.1) is 5.92 Å². The first kappa shape index (κ1) is 10.8. The highest BCUT2D eigenvalue weighted by atomic mass is 16.7. The second-order valence-electron chi connectivity index (χ2n) is 4.64. The van der Waals surface area contributed by atoms with E-state index in [1.54, 1.807) is 12.2 Å². The molecule has 0 aromatic carbocycles. The van der Waals surface area contributed by atoms with E-state index in [9.17, 15) is 4.79 Å². The first-order chi connectivity index (χ1) is 7.13. The molecule has 84 valence electrons. The van der Waals surface area contributed by atoms with Gasteiger partial charge in [0, 0.05) is 6.42 Å². The van der Waals surface area contributed by atoms with Gasteiger partial charge in [-0.1, -0.05) is 13.8 Å². The van der Waals surface area contributed by atoms with E-state index >= 15 is 0 Å². The van der Waals surface area contributed by atoms with Gasteiger partial charge in [0.25, 0.3) is 0 Å². The van der Waals surface area contributed by atoms with Gasteiger partial charge in [0.15, 0.2) is 11.6 Å². The van der Waals surface area contributed by atoms with Gasteiger partial charge in [-0.15, -0.1) is 0 Å². The first-order valence-electron chi connectivity index (χ1n) is 5.68. The highest BCUT2D eigenvalue weighted by molar-refractivity contribution is 5.94. The molecule has 1 fully saturated rings. The summed E-state index contributed by atoms with van der Waals surface area (Å²) < 4.78 is 11.5. The van der Waals surface area contributed by atoms with Crippen LogP contribution in [0.3, 0.4) is 0 Å². The number of hydrogen-bond acceptors (Lipinski definition) is 3. The Kier molecular flexibility index (Phi) is 2.94. The van der Waals surface area contributed by atoms with Gasteiger partial charge < -0.3 is 9.47 Å². The van der Waals surface area contributed by atoms with Crippen molar-refractivity contribution >= 4 is 5.78 Å². The molecule has 15 heavy (non-hydrogen) atoms. The molecule has 0 aromatic rings. The van der Waals surface area contributed by atoms with Gasteiger partial charge in [0.05, 0.1) is 6.61 Å². The predicted octanol–water partition coefficient (Wildman–Crippen LogP) is 2.06. The Morgan fingerprint density at radius 3 is 2.87 bits per heavy atom. The van der Waals surface area contributed by atoms with Crippen LogP contribution in [0.15, 0.2) is 12.2 Å². The van der Waals surface area contributed by atoms with Gasteiger partial charge in [0.2, 0.25) is 0 Å². The number of carbonyl (C=O) groups excluding carboxylic acids is 1. The molecule has 0 aliphatic carbocycles. The molecule has 1 spiro atoms. The monoisotopic (exact) mass is 210 g/mol. The zero-order valence-corrected chi connectivity index (χ0v) is 9.36. The standard InChI is InChI=1S/C12H18O3/c1-9(2)11-10(13)5-7-12(15-11)6-3-4-8-14-12/h5,7,9,11H,3-4,6,8H2,1-2H3. The molecule has 2 rings (SSSR count). The summed E-state index contributed by atoms with van der Waals surface area (Å²) in [5.41, 5.74) is 0. The maximum Gasteiger partial charge on any atom is 0.189 e. The summed E-state index contributed by atoms with van der Waals surface area (Å²) in [5, 5.41) is 0. The molecule has 2 atom stereocenters. The van der Waals surface area contributed by atoms with Gasteiger partial charge in [0.1, 0.15) is 6.10 Å². The average Bonchev–Trinajstić information content (AvgIpc) is 2.23. The van der Waals surface area contributed by atoms with Crippen LogP contribution in [-0.2, 0) is 14.3 Å². The zero-order valence-electron chi connectivity index (χ0n) is 9.36. The SMILES string of the molecule is CC(C)C1OC2(C=CC1=O)CCCCO2. The maximum absolute atomic E-state index is 11.6. The summed E-state index contributed by atoms with van der Waals surface area (Å²) >= 11 is 0. The highest BCUT2D eigenvalue weighted by Crippen LogP contribution is 2.33. The number of carbonyl (C=O) groups is 1. The largest absolute Gasteiger partial charge is 0.346 e. The van der Waals surface area contributed by atoms with Crippen LogP contribution < -0.4 is 0 Å². The summed E-state index contributed by atoms with van der Waals surface area (Å²) in [6.07, 6.45) is 6.11. The highest BCUT2D eigenvalue weighted by Gasteiger charge is 2.40. The van der Waals surface area contributed by atoms with E-state index in [2.05, 4.69) is 0 Å². The summed E-state index contributed by atoms with van der Waals surface area (Å²) in [6.45, 7) is 4.72. The third kappa shape index (κ3) is 2.13. The smallest absolute Gasteiger partial charge is 0.189 e. The van der Waals surface area contributed by atoms with Gasteiger partial charge in [-0.25, -0.2) is 0 Å². The average molecular weight is 210 g/mol. The van der Waals surface area contributed by atoms with Gasteiger partial charge in [-0.05, 0) is 30.9 Å². The van der Waals surface area contributed by atoms with Crippen molar-refractivity contribution in [3.05, 3.63) is 12.2 Å². The minimum absolute atomic E-state index is 0.0600. The number of ketones is 1. The molecule has 2 aliphatic heterocycles. The van der Waals surface area contributed by atoms with Gasteiger partial charge >= 0.3 is 0 Å². The molecule has 0 amide bonds. The van der Waals surface area contributed by atoms with E-state index in [0.717, 1.165) is 25.9 Å². The first-order valence-corrected chi connectivity index (χ1v) is 5.68. The number of rotatable bonds is 1. The van der Waals surface area contributed by atoms with Crippen molar-refractivity contribution in [2.45, 2.75) is 45.0 Å². The Hall–Kier alpha value is -0.670. The lowest BCUT2D eigenvalue weighted by molar-refractivity contribution is -0.251. The molecule has 0 aromatic heterocycles. The lowest BCUT2D eigenvalue weighted by Gasteiger charge is -2.40. The summed E-state index contributed by atoms with van der Waals surface area (Å²) in [6, 6.07) is 0. The lowest BCUT2D eigenvalue weighted by Crippen LogP contribution is -2.47. The Morgan fingerprint density at radius 1 is 1.47 bits per heavy atom. The summed E-state index contributed by atoms with van der Waals surface area (Å²) in [5.74, 6) is -0.351. The maximum atomic E-state index is 11.6. The zero-order chi connectivity index (χ0) is 10.9. The van der Waals surface area contributed by atoms with Crippen molar-refractivity contribution in [3.8, 4) is 0 Å². The van der Waals surface area contributed by atoms with E-state index in [1.165, 1.54) is 0 Å². The van der Waals surface area contributed by atoms with E-state index in [0.29, 0.717) is 0 Å². The number of ether oxygens (including phenoxy) is 2. The van der Waals surface area contributed by atoms with Crippen LogP contribution >= 0.6 is 0 Å². The van der Waals surface area contributed by atoms with Crippen LogP contribution in [0.25, 0.3) is 0 Å². The topological polar surface area (TPSA) is 35.5 Å². The molecule has 3 nitrogen and oxygen atoms in total.